The maximum Gasteiger partial charge on any atom is 0.344 e. The molecule has 0 aliphatic rings. The van der Waals surface area contributed by atoms with Crippen molar-refractivity contribution in [1.29, 1.82) is 0 Å². The first-order chi connectivity index (χ1) is 23.9. The molecular weight excluding hydrogens is 608 g/mol. The van der Waals surface area contributed by atoms with Crippen LogP contribution >= 0.6 is 0 Å². The third kappa shape index (κ3) is 4.41. The second-order valence-electron chi connectivity index (χ2n) is 12.6. The fourth-order valence-corrected chi connectivity index (χ4v) is 7.57. The summed E-state index contributed by atoms with van der Waals surface area (Å²) < 4.78 is 14.1. The predicted octanol–water partition coefficient (Wildman–Crippen LogP) is 10.0. The van der Waals surface area contributed by atoms with Crippen LogP contribution in [0.3, 0.4) is 0 Å². The van der Waals surface area contributed by atoms with E-state index < -0.39 is 0 Å². The quantitative estimate of drug-likeness (QED) is 0.138. The summed E-state index contributed by atoms with van der Waals surface area (Å²) in [6, 6.07) is 38.4. The summed E-state index contributed by atoms with van der Waals surface area (Å²) in [4.78, 5) is 29.1. The molecule has 0 saturated heterocycles. The summed E-state index contributed by atoms with van der Waals surface area (Å²) in [6.45, 7) is 5.98. The molecule has 0 bridgehead atoms. The van der Waals surface area contributed by atoms with Gasteiger partial charge in [-0.2, -0.15) is 0 Å². The van der Waals surface area contributed by atoms with Gasteiger partial charge in [-0.15, -0.1) is 0 Å². The molecule has 49 heavy (non-hydrogen) atoms. The molecule has 9 aromatic rings. The van der Waals surface area contributed by atoms with Crippen LogP contribution in [0, 0.1) is 0 Å². The van der Waals surface area contributed by atoms with Gasteiger partial charge in [0.05, 0.1) is 11.1 Å². The van der Waals surface area contributed by atoms with Crippen molar-refractivity contribution in [2.24, 2.45) is 7.05 Å². The molecule has 3 heterocycles. The molecule has 0 N–H and O–H groups in total. The summed E-state index contributed by atoms with van der Waals surface area (Å²) in [7, 11) is 2.01. The first-order valence-corrected chi connectivity index (χ1v) is 16.7. The molecule has 0 aliphatic heterocycles. The van der Waals surface area contributed by atoms with Crippen molar-refractivity contribution in [3.05, 3.63) is 136 Å². The molecule has 0 unspecified atom stereocenters. The summed E-state index contributed by atoms with van der Waals surface area (Å²) in [6.07, 6.45) is 0. The highest BCUT2D eigenvalue weighted by molar-refractivity contribution is 6.24. The molecule has 3 aromatic heterocycles. The Labute approximate surface area is 281 Å². The number of fused-ring (bicyclic) bond motifs is 10. The number of nitrogens with zero attached hydrogens (tertiary/aromatic N) is 2. The minimum Gasteiger partial charge on any atom is -0.422 e. The minimum atomic E-state index is -0.374. The lowest BCUT2D eigenvalue weighted by Gasteiger charge is -2.21. The van der Waals surface area contributed by atoms with Crippen LogP contribution < -0.4 is 16.2 Å². The Morgan fingerprint density at radius 3 is 1.73 bits per heavy atom. The maximum absolute atomic E-state index is 13.6. The van der Waals surface area contributed by atoms with Crippen LogP contribution in [0.4, 0.5) is 5.69 Å². The Kier molecular flexibility index (Phi) is 6.49. The summed E-state index contributed by atoms with van der Waals surface area (Å²) in [5, 5.41) is 8.05. The van der Waals surface area contributed by atoms with Crippen molar-refractivity contribution in [1.82, 2.24) is 4.57 Å². The van der Waals surface area contributed by atoms with Gasteiger partial charge in [-0.05, 0) is 77.5 Å². The molecule has 0 fully saturated rings. The van der Waals surface area contributed by atoms with Gasteiger partial charge in [0.25, 0.3) is 0 Å². The average molecular weight is 641 g/mol. The highest BCUT2D eigenvalue weighted by Gasteiger charge is 2.18. The third-order valence-electron chi connectivity index (χ3n) is 10.1. The molecule has 0 radical (unpaired) electrons. The molecule has 6 aromatic carbocycles. The Morgan fingerprint density at radius 2 is 1.10 bits per heavy atom. The van der Waals surface area contributed by atoms with E-state index in [1.807, 2.05) is 85.9 Å². The maximum atomic E-state index is 13.6. The fourth-order valence-electron chi connectivity index (χ4n) is 7.57. The molecular formula is C43H32N2O4. The van der Waals surface area contributed by atoms with E-state index in [0.717, 1.165) is 84.0 Å². The standard InChI is InChI=1S/C43H32N2O4/c1-4-45(5-2)28-17-14-27-20-35(42(46)48-40(27)23-28)25-15-18-32-33-19-16-26(22-39(33)44(3)38(32)21-25)36-24-37-31-12-7-6-10-29(31)30-11-8-9-13-34(30)41(37)49-43(36)47/h6-24H,4-5H2,1-3H3. The van der Waals surface area contributed by atoms with Crippen molar-refractivity contribution in [2.75, 3.05) is 18.0 Å². The fraction of sp³-hybridized carbons (Fsp3) is 0.116. The molecule has 0 saturated carbocycles. The smallest absolute Gasteiger partial charge is 0.344 e. The van der Waals surface area contributed by atoms with Crippen molar-refractivity contribution in [2.45, 2.75) is 13.8 Å². The first kappa shape index (κ1) is 29.0. The van der Waals surface area contributed by atoms with Crippen molar-refractivity contribution in [3.8, 4) is 22.3 Å². The van der Waals surface area contributed by atoms with E-state index in [1.54, 1.807) is 0 Å². The highest BCUT2D eigenvalue weighted by Crippen LogP contribution is 2.38. The molecule has 0 spiro atoms. The van der Waals surface area contributed by atoms with Gasteiger partial charge in [0.2, 0.25) is 0 Å². The van der Waals surface area contributed by atoms with E-state index >= 15 is 0 Å². The van der Waals surface area contributed by atoms with Crippen LogP contribution in [0.25, 0.3) is 87.5 Å². The predicted molar refractivity (Wildman–Crippen MR) is 202 cm³/mol. The molecule has 0 aliphatic carbocycles. The average Bonchev–Trinajstić information content (AvgIpc) is 3.41. The largest absolute Gasteiger partial charge is 0.422 e. The first-order valence-electron chi connectivity index (χ1n) is 16.7. The van der Waals surface area contributed by atoms with Crippen molar-refractivity contribution in [3.63, 3.8) is 0 Å². The van der Waals surface area contributed by atoms with Gasteiger partial charge < -0.3 is 18.3 Å². The summed E-state index contributed by atoms with van der Waals surface area (Å²) in [5.74, 6) is 0. The minimum absolute atomic E-state index is 0.368. The monoisotopic (exact) mass is 640 g/mol. The van der Waals surface area contributed by atoms with Gasteiger partial charge in [-0.1, -0.05) is 72.8 Å². The number of hydrogen-bond donors (Lipinski definition) is 0. The van der Waals surface area contributed by atoms with Gasteiger partial charge in [0.15, 0.2) is 0 Å². The topological polar surface area (TPSA) is 68.6 Å². The van der Waals surface area contributed by atoms with Gasteiger partial charge in [-0.25, -0.2) is 9.59 Å². The Hall–Kier alpha value is -6.14. The molecule has 6 nitrogen and oxygen atoms in total. The van der Waals surface area contributed by atoms with E-state index in [1.165, 1.54) is 0 Å². The van der Waals surface area contributed by atoms with Crippen molar-refractivity contribution < 1.29 is 8.83 Å². The second-order valence-corrected chi connectivity index (χ2v) is 12.6. The van der Waals surface area contributed by atoms with E-state index in [9.17, 15) is 9.59 Å². The molecule has 0 atom stereocenters. The van der Waals surface area contributed by atoms with Crippen LogP contribution in [0.2, 0.25) is 0 Å². The summed E-state index contributed by atoms with van der Waals surface area (Å²) in [5.41, 5.74) is 6.03. The van der Waals surface area contributed by atoms with E-state index in [0.29, 0.717) is 22.3 Å². The lowest BCUT2D eigenvalue weighted by Crippen LogP contribution is -2.21. The van der Waals surface area contributed by atoms with E-state index in [2.05, 4.69) is 59.7 Å². The molecule has 0 amide bonds. The van der Waals surface area contributed by atoms with Gasteiger partial charge in [0, 0.05) is 69.9 Å². The lowest BCUT2D eigenvalue weighted by molar-refractivity contribution is 0.563. The van der Waals surface area contributed by atoms with Crippen LogP contribution in [-0.4, -0.2) is 17.7 Å². The van der Waals surface area contributed by atoms with Crippen molar-refractivity contribution >= 4 is 71.0 Å². The zero-order chi connectivity index (χ0) is 33.4. The SMILES string of the molecule is CCN(CC)c1ccc2cc(-c3ccc4c5ccc(-c6cc7c8ccccc8c8ccccc8c7oc6=O)cc5n(C)c4c3)c(=O)oc2c1. The Bertz CT molecular complexity index is 2930. The zero-order valence-corrected chi connectivity index (χ0v) is 27.4. The summed E-state index contributed by atoms with van der Waals surface area (Å²) >= 11 is 0. The Morgan fingerprint density at radius 1 is 0.551 bits per heavy atom. The Balaban J connectivity index is 1.17. The second kappa shape index (κ2) is 11.0. The highest BCUT2D eigenvalue weighted by atomic mass is 16.4. The number of benzene rings is 6. The third-order valence-corrected chi connectivity index (χ3v) is 10.1. The number of hydrogen-bond acceptors (Lipinski definition) is 5. The molecule has 238 valence electrons. The number of aromatic nitrogens is 1. The molecule has 6 heteroatoms. The van der Waals surface area contributed by atoms with Crippen LogP contribution in [0.15, 0.2) is 134 Å². The van der Waals surface area contributed by atoms with Crippen LogP contribution in [0.5, 0.6) is 0 Å². The van der Waals surface area contributed by atoms with Gasteiger partial charge >= 0.3 is 11.3 Å². The van der Waals surface area contributed by atoms with Gasteiger partial charge in [0.1, 0.15) is 11.2 Å². The number of anilines is 1. The number of rotatable bonds is 5. The zero-order valence-electron chi connectivity index (χ0n) is 27.4. The normalized spacial score (nSPS) is 11.9. The van der Waals surface area contributed by atoms with E-state index in [4.69, 9.17) is 8.83 Å². The molecule has 9 rings (SSSR count). The van der Waals surface area contributed by atoms with Gasteiger partial charge in [-0.3, -0.25) is 0 Å². The number of aryl methyl sites for hydroxylation is 1. The van der Waals surface area contributed by atoms with Crippen LogP contribution in [-0.2, 0) is 7.05 Å². The lowest BCUT2D eigenvalue weighted by atomic mass is 9.96. The van der Waals surface area contributed by atoms with E-state index in [-0.39, 0.29) is 11.3 Å². The van der Waals surface area contributed by atoms with Crippen LogP contribution in [0.1, 0.15) is 13.8 Å².